The van der Waals surface area contributed by atoms with Crippen molar-refractivity contribution in [2.45, 2.75) is 80.9 Å². The number of ether oxygens (including phenoxy) is 7. The highest BCUT2D eigenvalue weighted by Gasteiger charge is 2.47. The monoisotopic (exact) mass is 624 g/mol. The average Bonchev–Trinajstić information content (AvgIpc) is 3.01. The number of phenols is 1. The molecule has 2 fully saturated rings. The molecule has 44 heavy (non-hydrogen) atoms. The fraction of sp³-hybridized carbons (Fsp3) is 0.552. The van der Waals surface area contributed by atoms with E-state index >= 15 is 0 Å². The summed E-state index contributed by atoms with van der Waals surface area (Å²) in [7, 11) is 2.97. The molecule has 0 unspecified atom stereocenters. The van der Waals surface area contributed by atoms with Crippen molar-refractivity contribution in [3.05, 3.63) is 41.5 Å². The maximum atomic E-state index is 13.0. The summed E-state index contributed by atoms with van der Waals surface area (Å²) < 4.78 is 38.9. The van der Waals surface area contributed by atoms with Crippen LogP contribution in [0.4, 0.5) is 0 Å². The number of phenolic OH excluding ortho intramolecular Hbond substituents is 1. The number of methoxy groups -OCH3 is 2. The number of rotatable bonds is 8. The normalized spacial score (nSPS) is 35.4. The Morgan fingerprint density at radius 3 is 2.20 bits per heavy atom. The molecule has 0 bridgehead atoms. The zero-order chi connectivity index (χ0) is 31.9. The Morgan fingerprint density at radius 2 is 1.50 bits per heavy atom. The van der Waals surface area contributed by atoms with Crippen LogP contribution in [-0.2, 0) is 14.2 Å². The first kappa shape index (κ1) is 32.2. The minimum Gasteiger partial charge on any atom is -0.507 e. The Kier molecular flexibility index (Phi) is 9.50. The molecule has 2 aromatic rings. The van der Waals surface area contributed by atoms with Gasteiger partial charge in [0, 0.05) is 12.1 Å². The van der Waals surface area contributed by atoms with E-state index in [1.165, 1.54) is 27.2 Å². The number of carbonyl (C=O) groups excluding carboxylic acids is 1. The second kappa shape index (κ2) is 13.0. The number of aliphatic hydroxyl groups excluding tert-OH is 6. The van der Waals surface area contributed by atoms with Gasteiger partial charge in [-0.3, -0.25) is 4.79 Å². The first-order valence-electron chi connectivity index (χ1n) is 13.9. The fourth-order valence-corrected chi connectivity index (χ4v) is 5.35. The number of benzene rings is 2. The molecule has 0 spiro atoms. The lowest BCUT2D eigenvalue weighted by atomic mass is 9.95. The zero-order valence-corrected chi connectivity index (χ0v) is 24.0. The molecule has 2 aromatic carbocycles. The lowest BCUT2D eigenvalue weighted by Crippen LogP contribution is -2.61. The van der Waals surface area contributed by atoms with Crippen molar-refractivity contribution in [3.8, 4) is 28.7 Å². The summed E-state index contributed by atoms with van der Waals surface area (Å²) in [5, 5.41) is 72.3. The van der Waals surface area contributed by atoms with Crippen LogP contribution in [0.5, 0.6) is 28.7 Å². The van der Waals surface area contributed by atoms with Crippen LogP contribution in [0.2, 0.25) is 0 Å². The Bertz CT molecular complexity index is 1340. The Labute approximate surface area is 251 Å². The van der Waals surface area contributed by atoms with Crippen LogP contribution in [0.25, 0.3) is 0 Å². The second-order valence-corrected chi connectivity index (χ2v) is 10.8. The van der Waals surface area contributed by atoms with Crippen molar-refractivity contribution in [2.24, 2.45) is 0 Å². The maximum absolute atomic E-state index is 13.0. The highest BCUT2D eigenvalue weighted by atomic mass is 16.7. The smallest absolute Gasteiger partial charge is 0.229 e. The van der Waals surface area contributed by atoms with Gasteiger partial charge < -0.3 is 68.9 Å². The molecule has 3 aliphatic rings. The lowest BCUT2D eigenvalue weighted by Gasteiger charge is -2.42. The molecule has 242 valence electrons. The average molecular weight is 625 g/mol. The summed E-state index contributed by atoms with van der Waals surface area (Å²) in [5.41, 5.74) is 0.551. The predicted octanol–water partition coefficient (Wildman–Crippen LogP) is -0.854. The van der Waals surface area contributed by atoms with Crippen LogP contribution in [0, 0.1) is 0 Å². The van der Waals surface area contributed by atoms with Gasteiger partial charge in [0.15, 0.2) is 23.6 Å². The Morgan fingerprint density at radius 1 is 0.818 bits per heavy atom. The summed E-state index contributed by atoms with van der Waals surface area (Å²) in [5.74, 6) is -0.00697. The number of aliphatic hydroxyl groups is 6. The highest BCUT2D eigenvalue weighted by Crippen LogP contribution is 2.43. The van der Waals surface area contributed by atoms with Gasteiger partial charge in [-0.15, -0.1) is 0 Å². The molecule has 3 heterocycles. The molecule has 2 saturated heterocycles. The highest BCUT2D eigenvalue weighted by molar-refractivity contribution is 6.02. The third-order valence-electron chi connectivity index (χ3n) is 7.91. The van der Waals surface area contributed by atoms with Gasteiger partial charge in [-0.25, -0.2) is 0 Å². The van der Waals surface area contributed by atoms with Gasteiger partial charge in [-0.05, 0) is 24.6 Å². The molecular formula is C29H36O15. The molecule has 0 radical (unpaired) electrons. The van der Waals surface area contributed by atoms with Crippen LogP contribution in [0.1, 0.15) is 35.4 Å². The van der Waals surface area contributed by atoms with E-state index < -0.39 is 79.9 Å². The van der Waals surface area contributed by atoms with Gasteiger partial charge >= 0.3 is 0 Å². The molecular weight excluding hydrogens is 588 g/mol. The van der Waals surface area contributed by atoms with Gasteiger partial charge in [0.2, 0.25) is 6.29 Å². The van der Waals surface area contributed by atoms with E-state index in [0.717, 1.165) is 6.07 Å². The summed E-state index contributed by atoms with van der Waals surface area (Å²) >= 11 is 0. The number of Topliss-reactive ketones (excluding diaryl/α,β-unsaturated/α-hetero) is 1. The Balaban J connectivity index is 1.31. The molecule has 0 amide bonds. The summed E-state index contributed by atoms with van der Waals surface area (Å²) in [6.07, 6.45) is -15.7. The summed E-state index contributed by atoms with van der Waals surface area (Å²) in [6.45, 7) is 0.982. The quantitative estimate of drug-likeness (QED) is 0.190. The van der Waals surface area contributed by atoms with E-state index in [1.807, 2.05) is 0 Å². The van der Waals surface area contributed by atoms with Crippen LogP contribution in [0.3, 0.4) is 0 Å². The van der Waals surface area contributed by atoms with E-state index in [9.17, 15) is 40.5 Å². The van der Waals surface area contributed by atoms with Crippen molar-refractivity contribution in [3.63, 3.8) is 0 Å². The fourth-order valence-electron chi connectivity index (χ4n) is 5.35. The molecule has 5 rings (SSSR count). The van der Waals surface area contributed by atoms with Gasteiger partial charge in [0.1, 0.15) is 71.6 Å². The van der Waals surface area contributed by atoms with Gasteiger partial charge in [0.25, 0.3) is 0 Å². The predicted molar refractivity (Wildman–Crippen MR) is 146 cm³/mol. The lowest BCUT2D eigenvalue weighted by molar-refractivity contribution is -0.318. The summed E-state index contributed by atoms with van der Waals surface area (Å²) in [6, 6.07) is 7.50. The number of hydrogen-bond acceptors (Lipinski definition) is 15. The van der Waals surface area contributed by atoms with E-state index in [-0.39, 0.29) is 29.3 Å². The van der Waals surface area contributed by atoms with Crippen LogP contribution >= 0.6 is 0 Å². The number of fused-ring (bicyclic) bond motifs is 1. The van der Waals surface area contributed by atoms with Crippen LogP contribution in [0.15, 0.2) is 30.3 Å². The molecule has 15 heteroatoms. The molecule has 0 aromatic heterocycles. The molecule has 7 N–H and O–H groups in total. The molecule has 0 aliphatic carbocycles. The third kappa shape index (κ3) is 6.15. The van der Waals surface area contributed by atoms with Crippen molar-refractivity contribution < 1.29 is 73.7 Å². The first-order chi connectivity index (χ1) is 20.9. The molecule has 3 aliphatic heterocycles. The third-order valence-corrected chi connectivity index (χ3v) is 7.91. The molecule has 0 saturated carbocycles. The number of aromatic hydroxyl groups is 1. The number of carbonyl (C=O) groups is 1. The largest absolute Gasteiger partial charge is 0.507 e. The standard InChI is InChI=1S/C29H36O15/c1-11-22(32)24(34)26(36)28(41-11)40-10-20-23(33)25(35)27(37)29(44-20)42-13-7-14(30)21-15(31)9-17(43-19(21)8-13)12-4-5-16(38-2)18(6-12)39-3/h4-8,11,17,20,22-30,32-37H,9-10H2,1-3H3/t11-,17+,20+,22+,23-,24-,25+,26-,27-,28-,29-/m1/s1. The minimum absolute atomic E-state index is 0.0000931. The first-order valence-corrected chi connectivity index (χ1v) is 13.9. The number of ketones is 1. The van der Waals surface area contributed by atoms with E-state index in [0.29, 0.717) is 17.1 Å². The minimum atomic E-state index is -1.76. The van der Waals surface area contributed by atoms with Crippen molar-refractivity contribution in [2.75, 3.05) is 20.8 Å². The van der Waals surface area contributed by atoms with Crippen molar-refractivity contribution in [1.29, 1.82) is 0 Å². The topological polar surface area (TPSA) is 223 Å². The van der Waals surface area contributed by atoms with E-state index in [4.69, 9.17) is 33.2 Å². The van der Waals surface area contributed by atoms with Gasteiger partial charge in [0.05, 0.1) is 33.4 Å². The summed E-state index contributed by atoms with van der Waals surface area (Å²) in [4.78, 5) is 13.0. The van der Waals surface area contributed by atoms with Crippen molar-refractivity contribution >= 4 is 5.78 Å². The van der Waals surface area contributed by atoms with Gasteiger partial charge in [-0.2, -0.15) is 0 Å². The van der Waals surface area contributed by atoms with Crippen LogP contribution < -0.4 is 18.9 Å². The van der Waals surface area contributed by atoms with E-state index in [2.05, 4.69) is 0 Å². The van der Waals surface area contributed by atoms with Crippen molar-refractivity contribution in [1.82, 2.24) is 0 Å². The zero-order valence-electron chi connectivity index (χ0n) is 24.0. The van der Waals surface area contributed by atoms with Crippen LogP contribution in [-0.4, -0.2) is 124 Å². The van der Waals surface area contributed by atoms with Gasteiger partial charge in [-0.1, -0.05) is 6.07 Å². The number of hydrogen-bond donors (Lipinski definition) is 7. The van der Waals surface area contributed by atoms with E-state index in [1.54, 1.807) is 18.2 Å². The maximum Gasteiger partial charge on any atom is 0.229 e. The second-order valence-electron chi connectivity index (χ2n) is 10.8. The Hall–Kier alpha value is -3.25. The molecule has 15 nitrogen and oxygen atoms in total. The SMILES string of the molecule is COc1ccc([C@@H]2CC(=O)c3c(O)cc(O[C@@H]4O[C@@H](CO[C@@H]5O[C@H](C)[C@H](O)[C@@H](O)[C@H]5O)[C@@H](O)[C@H](O)[C@H]4O)cc3O2)cc1OC. The molecule has 11 atom stereocenters.